The van der Waals surface area contributed by atoms with Gasteiger partial charge in [-0.1, -0.05) is 24.3 Å². The summed E-state index contributed by atoms with van der Waals surface area (Å²) in [5, 5.41) is 3.52. The summed E-state index contributed by atoms with van der Waals surface area (Å²) in [7, 11) is 3.56. The van der Waals surface area contributed by atoms with Gasteiger partial charge in [0.05, 0.1) is 6.04 Å². The fourth-order valence-corrected chi connectivity index (χ4v) is 5.30. The predicted octanol–water partition coefficient (Wildman–Crippen LogP) is 2.11. The molecule has 1 N–H and O–H groups in total. The molecule has 0 bridgehead atoms. The van der Waals surface area contributed by atoms with Crippen molar-refractivity contribution in [2.24, 2.45) is 17.8 Å². The third-order valence-electron chi connectivity index (χ3n) is 6.85. The van der Waals surface area contributed by atoms with Crippen molar-refractivity contribution in [3.8, 4) is 0 Å². The third kappa shape index (κ3) is 3.39. The lowest BCUT2D eigenvalue weighted by atomic mass is 9.87. The van der Waals surface area contributed by atoms with Crippen LogP contribution in [0.5, 0.6) is 0 Å². The van der Waals surface area contributed by atoms with Crippen LogP contribution in [0.25, 0.3) is 0 Å². The number of benzene rings is 1. The Kier molecular flexibility index (Phi) is 5.32. The Hall–Kier alpha value is -2.08. The van der Waals surface area contributed by atoms with E-state index in [2.05, 4.69) is 41.4 Å². The van der Waals surface area contributed by atoms with Gasteiger partial charge in [-0.25, -0.2) is 4.79 Å². The van der Waals surface area contributed by atoms with Crippen molar-refractivity contribution in [2.45, 2.75) is 25.8 Å². The summed E-state index contributed by atoms with van der Waals surface area (Å²) in [6.07, 6.45) is 1.53. The van der Waals surface area contributed by atoms with E-state index in [1.807, 2.05) is 4.90 Å². The smallest absolute Gasteiger partial charge is 0.319 e. The first-order valence-corrected chi connectivity index (χ1v) is 10.5. The number of carbonyl (C=O) groups excluding carboxylic acids is 2. The van der Waals surface area contributed by atoms with Crippen LogP contribution >= 0.6 is 0 Å². The molecule has 0 radical (unpaired) electrons. The van der Waals surface area contributed by atoms with Crippen LogP contribution < -0.4 is 5.32 Å². The number of hydrogen-bond acceptors (Lipinski definition) is 3. The SMILES string of the molecule is Cc1ccccc1[C@H]1[C@H]2CNC[C@H]2CN1C(=O)C1CCN(C(=O)N(C)C)CC1. The summed E-state index contributed by atoms with van der Waals surface area (Å²) >= 11 is 0. The van der Waals surface area contributed by atoms with Gasteiger partial charge in [0.1, 0.15) is 0 Å². The van der Waals surface area contributed by atoms with E-state index in [1.165, 1.54) is 11.1 Å². The van der Waals surface area contributed by atoms with E-state index in [0.717, 1.165) is 32.5 Å². The fourth-order valence-electron chi connectivity index (χ4n) is 5.30. The maximum absolute atomic E-state index is 13.5. The Morgan fingerprint density at radius 3 is 2.50 bits per heavy atom. The van der Waals surface area contributed by atoms with E-state index in [0.29, 0.717) is 30.8 Å². The van der Waals surface area contributed by atoms with Gasteiger partial charge in [0.15, 0.2) is 0 Å². The molecule has 0 unspecified atom stereocenters. The molecule has 3 heterocycles. The number of urea groups is 1. The van der Waals surface area contributed by atoms with Gasteiger partial charge in [-0.05, 0) is 36.8 Å². The molecule has 3 atom stereocenters. The highest BCUT2D eigenvalue weighted by Gasteiger charge is 2.48. The maximum atomic E-state index is 13.5. The van der Waals surface area contributed by atoms with E-state index < -0.39 is 0 Å². The Morgan fingerprint density at radius 2 is 1.82 bits per heavy atom. The maximum Gasteiger partial charge on any atom is 0.319 e. The van der Waals surface area contributed by atoms with Gasteiger partial charge in [0.2, 0.25) is 5.91 Å². The zero-order valence-electron chi connectivity index (χ0n) is 17.2. The van der Waals surface area contributed by atoms with Gasteiger partial charge in [0.25, 0.3) is 0 Å². The minimum absolute atomic E-state index is 0.0320. The molecular formula is C22H32N4O2. The molecule has 0 saturated carbocycles. The number of rotatable bonds is 2. The van der Waals surface area contributed by atoms with Gasteiger partial charge in [-0.2, -0.15) is 0 Å². The van der Waals surface area contributed by atoms with Crippen molar-refractivity contribution in [2.75, 3.05) is 46.8 Å². The lowest BCUT2D eigenvalue weighted by Crippen LogP contribution is -2.47. The summed E-state index contributed by atoms with van der Waals surface area (Å²) < 4.78 is 0. The molecule has 6 nitrogen and oxygen atoms in total. The molecule has 6 heteroatoms. The molecule has 0 aromatic heterocycles. The molecule has 3 fully saturated rings. The normalized spacial score (nSPS) is 27.8. The number of fused-ring (bicyclic) bond motifs is 1. The molecule has 152 valence electrons. The molecule has 3 saturated heterocycles. The molecule has 0 aliphatic carbocycles. The van der Waals surface area contributed by atoms with Gasteiger partial charge in [0, 0.05) is 58.7 Å². The van der Waals surface area contributed by atoms with Crippen LogP contribution in [0.2, 0.25) is 0 Å². The topological polar surface area (TPSA) is 55.9 Å². The molecule has 3 amide bonds. The van der Waals surface area contributed by atoms with Gasteiger partial charge in [-0.15, -0.1) is 0 Å². The van der Waals surface area contributed by atoms with Gasteiger partial charge < -0.3 is 20.0 Å². The highest BCUT2D eigenvalue weighted by molar-refractivity contribution is 5.81. The zero-order valence-corrected chi connectivity index (χ0v) is 17.2. The van der Waals surface area contributed by atoms with E-state index in [1.54, 1.807) is 19.0 Å². The summed E-state index contributed by atoms with van der Waals surface area (Å²) in [5.41, 5.74) is 2.57. The van der Waals surface area contributed by atoms with E-state index in [-0.39, 0.29) is 18.0 Å². The highest BCUT2D eigenvalue weighted by Crippen LogP contribution is 2.44. The molecule has 0 spiro atoms. The number of carbonyl (C=O) groups is 2. The van der Waals surface area contributed by atoms with Crippen LogP contribution in [0.3, 0.4) is 0 Å². The van der Waals surface area contributed by atoms with Crippen LogP contribution in [0, 0.1) is 24.7 Å². The Bertz CT molecular complexity index is 742. The van der Waals surface area contributed by atoms with Gasteiger partial charge >= 0.3 is 6.03 Å². The number of hydrogen-bond donors (Lipinski definition) is 1. The number of likely N-dealkylation sites (tertiary alicyclic amines) is 2. The molecule has 4 rings (SSSR count). The summed E-state index contributed by atoms with van der Waals surface area (Å²) in [4.78, 5) is 31.4. The molecule has 3 aliphatic rings. The van der Waals surface area contributed by atoms with Crippen LogP contribution in [0.15, 0.2) is 24.3 Å². The Balaban J connectivity index is 1.50. The summed E-state index contributed by atoms with van der Waals surface area (Å²) in [6.45, 7) is 6.34. The monoisotopic (exact) mass is 384 g/mol. The van der Waals surface area contributed by atoms with Crippen LogP contribution in [0.1, 0.15) is 30.0 Å². The van der Waals surface area contributed by atoms with Crippen LogP contribution in [-0.4, -0.2) is 73.5 Å². The average Bonchev–Trinajstić information content (AvgIpc) is 3.29. The standard InChI is InChI=1S/C22H32N4O2/c1-15-6-4-5-7-18(15)20-19-13-23-12-17(19)14-26(20)21(27)16-8-10-25(11-9-16)22(28)24(2)3/h4-7,16-17,19-20,23H,8-14H2,1-3H3/t17-,19-,20-/m0/s1. The minimum Gasteiger partial charge on any atom is -0.335 e. The quantitative estimate of drug-likeness (QED) is 0.850. The van der Waals surface area contributed by atoms with Gasteiger partial charge in [-0.3, -0.25) is 4.79 Å². The van der Waals surface area contributed by atoms with Crippen molar-refractivity contribution >= 4 is 11.9 Å². The van der Waals surface area contributed by atoms with Crippen molar-refractivity contribution < 1.29 is 9.59 Å². The lowest BCUT2D eigenvalue weighted by Gasteiger charge is -2.37. The van der Waals surface area contributed by atoms with Crippen molar-refractivity contribution in [1.82, 2.24) is 20.0 Å². The number of amides is 3. The molecule has 1 aromatic rings. The second kappa shape index (κ2) is 7.74. The molecule has 28 heavy (non-hydrogen) atoms. The third-order valence-corrected chi connectivity index (χ3v) is 6.85. The van der Waals surface area contributed by atoms with Crippen molar-refractivity contribution in [3.05, 3.63) is 35.4 Å². The number of aryl methyl sites for hydroxylation is 1. The predicted molar refractivity (Wildman–Crippen MR) is 109 cm³/mol. The largest absolute Gasteiger partial charge is 0.335 e. The van der Waals surface area contributed by atoms with E-state index in [4.69, 9.17) is 0 Å². The second-order valence-electron chi connectivity index (χ2n) is 8.81. The first-order valence-electron chi connectivity index (χ1n) is 10.5. The zero-order chi connectivity index (χ0) is 19.8. The number of nitrogens with zero attached hydrogens (tertiary/aromatic N) is 3. The number of nitrogens with one attached hydrogen (secondary N) is 1. The van der Waals surface area contributed by atoms with Crippen LogP contribution in [0.4, 0.5) is 4.79 Å². The van der Waals surface area contributed by atoms with E-state index >= 15 is 0 Å². The van der Waals surface area contributed by atoms with Crippen molar-refractivity contribution in [1.29, 1.82) is 0 Å². The average molecular weight is 385 g/mol. The highest BCUT2D eigenvalue weighted by atomic mass is 16.2. The van der Waals surface area contributed by atoms with Crippen LogP contribution in [-0.2, 0) is 4.79 Å². The first-order chi connectivity index (χ1) is 13.5. The Labute approximate surface area is 167 Å². The first kappa shape index (κ1) is 19.2. The lowest BCUT2D eigenvalue weighted by molar-refractivity contribution is -0.138. The molecular weight excluding hydrogens is 352 g/mol. The Morgan fingerprint density at radius 1 is 1.11 bits per heavy atom. The fraction of sp³-hybridized carbons (Fsp3) is 0.636. The molecule has 1 aromatic carbocycles. The number of piperidine rings is 1. The minimum atomic E-state index is 0.0320. The van der Waals surface area contributed by atoms with E-state index in [9.17, 15) is 9.59 Å². The second-order valence-corrected chi connectivity index (χ2v) is 8.81. The van der Waals surface area contributed by atoms with Crippen molar-refractivity contribution in [3.63, 3.8) is 0 Å². The summed E-state index contributed by atoms with van der Waals surface area (Å²) in [6, 6.07) is 8.73. The molecule has 3 aliphatic heterocycles. The summed E-state index contributed by atoms with van der Waals surface area (Å²) in [5.74, 6) is 1.37.